The molecule has 2 atom stereocenters. The number of aliphatic hydroxyl groups is 1. The van der Waals surface area contributed by atoms with Crippen molar-refractivity contribution in [2.75, 3.05) is 13.1 Å². The standard InChI is InChI=1S/C17H18N2O3/c1-12-7-8-13(9-18-12)17(21)19-10-15(20)16(11-19)22-14-5-3-2-4-6-14/h2-9,15-16,20H,10-11H2,1H3/t15-,16-/m1/s1. The minimum Gasteiger partial charge on any atom is -0.486 e. The fraction of sp³-hybridized carbons (Fsp3) is 0.294. The van der Waals surface area contributed by atoms with Gasteiger partial charge >= 0.3 is 0 Å². The Kier molecular flexibility index (Phi) is 4.06. The van der Waals surface area contributed by atoms with Gasteiger partial charge in [-0.1, -0.05) is 18.2 Å². The number of likely N-dealkylation sites (tertiary alicyclic amines) is 1. The second kappa shape index (κ2) is 6.15. The fourth-order valence-corrected chi connectivity index (χ4v) is 2.49. The number of amides is 1. The van der Waals surface area contributed by atoms with E-state index in [0.717, 1.165) is 5.69 Å². The van der Waals surface area contributed by atoms with E-state index in [0.29, 0.717) is 17.9 Å². The van der Waals surface area contributed by atoms with E-state index in [1.54, 1.807) is 23.2 Å². The molecule has 5 nitrogen and oxygen atoms in total. The van der Waals surface area contributed by atoms with Gasteiger partial charge in [0.25, 0.3) is 5.91 Å². The predicted molar refractivity (Wildman–Crippen MR) is 81.7 cm³/mol. The Morgan fingerprint density at radius 1 is 1.23 bits per heavy atom. The van der Waals surface area contributed by atoms with E-state index < -0.39 is 12.2 Å². The van der Waals surface area contributed by atoms with Gasteiger partial charge in [-0.15, -0.1) is 0 Å². The van der Waals surface area contributed by atoms with Crippen LogP contribution < -0.4 is 4.74 Å². The minimum atomic E-state index is -0.692. The minimum absolute atomic E-state index is 0.134. The highest BCUT2D eigenvalue weighted by molar-refractivity contribution is 5.94. The average molecular weight is 298 g/mol. The Balaban J connectivity index is 1.67. The molecule has 0 aliphatic carbocycles. The van der Waals surface area contributed by atoms with Crippen LogP contribution in [0.15, 0.2) is 48.7 Å². The van der Waals surface area contributed by atoms with Crippen molar-refractivity contribution in [1.82, 2.24) is 9.88 Å². The van der Waals surface area contributed by atoms with Crippen molar-refractivity contribution in [3.63, 3.8) is 0 Å². The molecule has 1 N–H and O–H groups in total. The molecule has 1 aliphatic rings. The molecule has 0 spiro atoms. The second-order valence-corrected chi connectivity index (χ2v) is 5.44. The van der Waals surface area contributed by atoms with Gasteiger partial charge in [0.1, 0.15) is 18.0 Å². The Hall–Kier alpha value is -2.40. The number of aromatic nitrogens is 1. The number of nitrogens with zero attached hydrogens (tertiary/aromatic N) is 2. The molecule has 1 aromatic heterocycles. The molecule has 1 fully saturated rings. The van der Waals surface area contributed by atoms with Crippen molar-refractivity contribution >= 4 is 5.91 Å². The molecule has 0 unspecified atom stereocenters. The third-order valence-corrected chi connectivity index (χ3v) is 3.71. The molecular weight excluding hydrogens is 280 g/mol. The van der Waals surface area contributed by atoms with Crippen LogP contribution in [0.3, 0.4) is 0 Å². The van der Waals surface area contributed by atoms with Gasteiger partial charge in [0, 0.05) is 11.9 Å². The molecule has 2 aromatic rings. The number of aliphatic hydroxyl groups excluding tert-OH is 1. The fourth-order valence-electron chi connectivity index (χ4n) is 2.49. The van der Waals surface area contributed by atoms with E-state index in [4.69, 9.17) is 4.74 Å². The Morgan fingerprint density at radius 2 is 2.00 bits per heavy atom. The van der Waals surface area contributed by atoms with Crippen LogP contribution in [0.5, 0.6) is 5.75 Å². The van der Waals surface area contributed by atoms with Gasteiger partial charge in [-0.25, -0.2) is 0 Å². The molecule has 1 aliphatic heterocycles. The molecule has 2 heterocycles. The number of aryl methyl sites for hydroxylation is 1. The zero-order valence-corrected chi connectivity index (χ0v) is 12.3. The first-order valence-electron chi connectivity index (χ1n) is 7.25. The summed E-state index contributed by atoms with van der Waals surface area (Å²) < 4.78 is 5.76. The van der Waals surface area contributed by atoms with Gasteiger partial charge in [-0.05, 0) is 31.2 Å². The first kappa shape index (κ1) is 14.5. The molecule has 1 amide bonds. The topological polar surface area (TPSA) is 62.7 Å². The first-order valence-corrected chi connectivity index (χ1v) is 7.25. The first-order chi connectivity index (χ1) is 10.6. The maximum Gasteiger partial charge on any atom is 0.255 e. The van der Waals surface area contributed by atoms with Crippen molar-refractivity contribution < 1.29 is 14.6 Å². The maximum absolute atomic E-state index is 12.4. The van der Waals surface area contributed by atoms with Crippen LogP contribution in [0, 0.1) is 6.92 Å². The smallest absolute Gasteiger partial charge is 0.255 e. The van der Waals surface area contributed by atoms with Gasteiger partial charge in [0.2, 0.25) is 0 Å². The predicted octanol–water partition coefficient (Wildman–Crippen LogP) is 1.65. The van der Waals surface area contributed by atoms with E-state index in [2.05, 4.69) is 4.98 Å². The summed E-state index contributed by atoms with van der Waals surface area (Å²) in [4.78, 5) is 18.2. The third kappa shape index (κ3) is 3.09. The van der Waals surface area contributed by atoms with Gasteiger partial charge in [0.15, 0.2) is 0 Å². The summed E-state index contributed by atoms with van der Waals surface area (Å²) in [5.41, 5.74) is 1.39. The Morgan fingerprint density at radius 3 is 2.68 bits per heavy atom. The summed E-state index contributed by atoms with van der Waals surface area (Å²) >= 11 is 0. The van der Waals surface area contributed by atoms with Crippen LogP contribution in [0.4, 0.5) is 0 Å². The SMILES string of the molecule is Cc1ccc(C(=O)N2C[C@@H](O)[C@H](Oc3ccccc3)C2)cn1. The zero-order chi connectivity index (χ0) is 15.5. The zero-order valence-electron chi connectivity index (χ0n) is 12.3. The summed E-state index contributed by atoms with van der Waals surface area (Å²) in [5, 5.41) is 10.1. The number of β-amino-alcohol motifs (C(OH)–C–C–N with tert-alkyl or cyclic N) is 1. The van der Waals surface area contributed by atoms with Crippen LogP contribution >= 0.6 is 0 Å². The number of pyridine rings is 1. The molecule has 0 saturated carbocycles. The van der Waals surface area contributed by atoms with Crippen LogP contribution in [0.2, 0.25) is 0 Å². The van der Waals surface area contributed by atoms with Crippen LogP contribution in [-0.2, 0) is 0 Å². The molecule has 1 aromatic carbocycles. The monoisotopic (exact) mass is 298 g/mol. The average Bonchev–Trinajstić information content (AvgIpc) is 2.89. The van der Waals surface area contributed by atoms with Crippen molar-refractivity contribution in [2.45, 2.75) is 19.1 Å². The number of hydrogen-bond donors (Lipinski definition) is 1. The van der Waals surface area contributed by atoms with E-state index in [1.807, 2.05) is 37.3 Å². The van der Waals surface area contributed by atoms with Gasteiger partial charge in [0.05, 0.1) is 18.7 Å². The van der Waals surface area contributed by atoms with E-state index in [9.17, 15) is 9.90 Å². The summed E-state index contributed by atoms with van der Waals surface area (Å²) in [7, 11) is 0. The lowest BCUT2D eigenvalue weighted by molar-refractivity contribution is 0.0729. The number of carbonyl (C=O) groups excluding carboxylic acids is 1. The normalized spacial score (nSPS) is 20.9. The Labute approximate surface area is 129 Å². The lowest BCUT2D eigenvalue weighted by Gasteiger charge is -2.17. The molecule has 3 rings (SSSR count). The highest BCUT2D eigenvalue weighted by atomic mass is 16.5. The number of carbonyl (C=O) groups is 1. The highest BCUT2D eigenvalue weighted by Crippen LogP contribution is 2.20. The highest BCUT2D eigenvalue weighted by Gasteiger charge is 2.36. The maximum atomic E-state index is 12.4. The summed E-state index contributed by atoms with van der Waals surface area (Å²) in [6.07, 6.45) is 0.461. The number of ether oxygens (including phenoxy) is 1. The lowest BCUT2D eigenvalue weighted by Crippen LogP contribution is -2.31. The third-order valence-electron chi connectivity index (χ3n) is 3.71. The van der Waals surface area contributed by atoms with Crippen LogP contribution in [0.1, 0.15) is 16.1 Å². The number of hydrogen-bond acceptors (Lipinski definition) is 4. The van der Waals surface area contributed by atoms with Gasteiger partial charge in [-0.2, -0.15) is 0 Å². The second-order valence-electron chi connectivity index (χ2n) is 5.44. The molecular formula is C17H18N2O3. The van der Waals surface area contributed by atoms with Gasteiger partial charge < -0.3 is 14.7 Å². The summed E-state index contributed by atoms with van der Waals surface area (Å²) in [5.74, 6) is 0.559. The Bertz CT molecular complexity index is 643. The van der Waals surface area contributed by atoms with Crippen LogP contribution in [-0.4, -0.2) is 46.2 Å². The summed E-state index contributed by atoms with van der Waals surface area (Å²) in [6.45, 7) is 2.50. The van der Waals surface area contributed by atoms with Crippen LogP contribution in [0.25, 0.3) is 0 Å². The van der Waals surface area contributed by atoms with Crippen molar-refractivity contribution in [3.05, 3.63) is 59.9 Å². The quantitative estimate of drug-likeness (QED) is 0.936. The lowest BCUT2D eigenvalue weighted by atomic mass is 10.2. The van der Waals surface area contributed by atoms with E-state index in [-0.39, 0.29) is 12.5 Å². The van der Waals surface area contributed by atoms with Crippen molar-refractivity contribution in [3.8, 4) is 5.75 Å². The number of rotatable bonds is 3. The molecule has 114 valence electrons. The molecule has 22 heavy (non-hydrogen) atoms. The summed E-state index contributed by atoms with van der Waals surface area (Å²) in [6, 6.07) is 12.9. The molecule has 5 heteroatoms. The van der Waals surface area contributed by atoms with E-state index >= 15 is 0 Å². The molecule has 1 saturated heterocycles. The van der Waals surface area contributed by atoms with Gasteiger partial charge in [-0.3, -0.25) is 9.78 Å². The number of benzene rings is 1. The van der Waals surface area contributed by atoms with E-state index in [1.165, 1.54) is 0 Å². The number of para-hydroxylation sites is 1. The molecule has 0 radical (unpaired) electrons. The molecule has 0 bridgehead atoms. The largest absolute Gasteiger partial charge is 0.486 e. The van der Waals surface area contributed by atoms with Crippen molar-refractivity contribution in [1.29, 1.82) is 0 Å². The van der Waals surface area contributed by atoms with Crippen molar-refractivity contribution in [2.24, 2.45) is 0 Å².